The molecule has 7 heteroatoms. The molecule has 6 nitrogen and oxygen atoms in total. The summed E-state index contributed by atoms with van der Waals surface area (Å²) < 4.78 is 11.2. The molecular weight excluding hydrogens is 455 g/mol. The summed E-state index contributed by atoms with van der Waals surface area (Å²) in [6.45, 7) is 12.0. The molecular formula is C20H35IN4O2. The zero-order valence-corrected chi connectivity index (χ0v) is 19.6. The van der Waals surface area contributed by atoms with Crippen LogP contribution in [0.4, 0.5) is 0 Å². The lowest BCUT2D eigenvalue weighted by molar-refractivity contribution is -0.0284. The molecule has 1 heterocycles. The van der Waals surface area contributed by atoms with E-state index in [0.717, 1.165) is 56.6 Å². The average Bonchev–Trinajstić information content (AvgIpc) is 2.62. The number of halogens is 1. The molecule has 0 aromatic heterocycles. The molecule has 0 saturated carbocycles. The molecule has 0 amide bonds. The number of ether oxygens (including phenoxy) is 2. The minimum absolute atomic E-state index is 0. The first kappa shape index (κ1) is 24.0. The van der Waals surface area contributed by atoms with Crippen molar-refractivity contribution in [3.63, 3.8) is 0 Å². The molecule has 1 atom stereocenters. The van der Waals surface area contributed by atoms with Crippen molar-refractivity contribution >= 4 is 29.9 Å². The quantitative estimate of drug-likeness (QED) is 0.350. The Morgan fingerprint density at radius 2 is 2.15 bits per heavy atom. The summed E-state index contributed by atoms with van der Waals surface area (Å²) in [6, 6.07) is 6.20. The predicted molar refractivity (Wildman–Crippen MR) is 122 cm³/mol. The molecule has 1 unspecified atom stereocenters. The summed E-state index contributed by atoms with van der Waals surface area (Å²) in [7, 11) is 3.49. The molecule has 2 N–H and O–H groups in total. The smallest absolute Gasteiger partial charge is 0.191 e. The van der Waals surface area contributed by atoms with E-state index in [1.807, 2.05) is 6.07 Å². The van der Waals surface area contributed by atoms with E-state index in [1.54, 1.807) is 14.2 Å². The van der Waals surface area contributed by atoms with Gasteiger partial charge < -0.3 is 20.1 Å². The number of nitrogens with zero attached hydrogens (tertiary/aromatic N) is 2. The third kappa shape index (κ3) is 8.23. The highest BCUT2D eigenvalue weighted by Crippen LogP contribution is 2.18. The number of nitrogens with one attached hydrogen (secondary N) is 2. The Balaban J connectivity index is 0.00000364. The van der Waals surface area contributed by atoms with Crippen molar-refractivity contribution in [2.45, 2.75) is 33.4 Å². The third-order valence-corrected chi connectivity index (χ3v) is 4.49. The van der Waals surface area contributed by atoms with Gasteiger partial charge in [-0.15, -0.1) is 24.0 Å². The fraction of sp³-hybridized carbons (Fsp3) is 0.650. The Hall–Kier alpha value is -1.06. The van der Waals surface area contributed by atoms with Gasteiger partial charge in [-0.3, -0.25) is 9.89 Å². The van der Waals surface area contributed by atoms with Gasteiger partial charge in [0, 0.05) is 39.8 Å². The second kappa shape index (κ2) is 12.4. The van der Waals surface area contributed by atoms with Crippen molar-refractivity contribution in [2.75, 3.05) is 46.9 Å². The van der Waals surface area contributed by atoms with Gasteiger partial charge in [-0.2, -0.15) is 0 Å². The second-order valence-corrected chi connectivity index (χ2v) is 7.26. The molecule has 0 aliphatic carbocycles. The van der Waals surface area contributed by atoms with Gasteiger partial charge in [0.25, 0.3) is 0 Å². The lowest BCUT2D eigenvalue weighted by Crippen LogP contribution is -2.50. The minimum Gasteiger partial charge on any atom is -0.496 e. The first-order chi connectivity index (χ1) is 12.5. The standard InChI is InChI=1S/C20H34N4O2.HI/c1-15(2)13-24-8-9-26-18(14-24)12-23-20(21-4)22-11-17-6-7-19(25-5)16(3)10-17;/h6-7,10,15,18H,8-9,11-14H2,1-5H3,(H2,21,22,23);1H. The van der Waals surface area contributed by atoms with Crippen molar-refractivity contribution in [1.29, 1.82) is 0 Å². The van der Waals surface area contributed by atoms with Crippen LogP contribution in [-0.4, -0.2) is 63.9 Å². The van der Waals surface area contributed by atoms with E-state index < -0.39 is 0 Å². The monoisotopic (exact) mass is 490 g/mol. The van der Waals surface area contributed by atoms with E-state index in [9.17, 15) is 0 Å². The normalized spacial score (nSPS) is 18.1. The van der Waals surface area contributed by atoms with Crippen molar-refractivity contribution in [1.82, 2.24) is 15.5 Å². The SMILES string of the molecule is CN=C(NCc1ccc(OC)c(C)c1)NCC1CN(CC(C)C)CCO1.I. The fourth-order valence-corrected chi connectivity index (χ4v) is 3.25. The Bertz CT molecular complexity index is 595. The van der Waals surface area contributed by atoms with E-state index in [0.29, 0.717) is 5.92 Å². The Kier molecular flexibility index (Phi) is 11.0. The maximum Gasteiger partial charge on any atom is 0.191 e. The molecule has 154 valence electrons. The molecule has 0 radical (unpaired) electrons. The van der Waals surface area contributed by atoms with Crippen LogP contribution in [0.25, 0.3) is 0 Å². The van der Waals surface area contributed by atoms with Gasteiger partial charge in [-0.25, -0.2) is 0 Å². The molecule has 2 rings (SSSR count). The Morgan fingerprint density at radius 3 is 2.78 bits per heavy atom. The van der Waals surface area contributed by atoms with Crippen LogP contribution in [0.15, 0.2) is 23.2 Å². The number of methoxy groups -OCH3 is 1. The molecule has 1 aromatic carbocycles. The van der Waals surface area contributed by atoms with Crippen molar-refractivity contribution in [2.24, 2.45) is 10.9 Å². The van der Waals surface area contributed by atoms with E-state index in [4.69, 9.17) is 9.47 Å². The number of morpholine rings is 1. The number of hydrogen-bond donors (Lipinski definition) is 2. The maximum absolute atomic E-state index is 5.89. The van der Waals surface area contributed by atoms with Crippen LogP contribution in [0.5, 0.6) is 5.75 Å². The largest absolute Gasteiger partial charge is 0.496 e. The van der Waals surface area contributed by atoms with Crippen LogP contribution in [0.1, 0.15) is 25.0 Å². The highest BCUT2D eigenvalue weighted by Gasteiger charge is 2.21. The number of benzene rings is 1. The van der Waals surface area contributed by atoms with Crippen molar-refractivity contribution in [3.8, 4) is 5.75 Å². The van der Waals surface area contributed by atoms with Gasteiger partial charge in [0.1, 0.15) is 5.75 Å². The first-order valence-electron chi connectivity index (χ1n) is 9.43. The van der Waals surface area contributed by atoms with Crippen LogP contribution >= 0.6 is 24.0 Å². The van der Waals surface area contributed by atoms with E-state index in [-0.39, 0.29) is 30.1 Å². The Morgan fingerprint density at radius 1 is 1.37 bits per heavy atom. The lowest BCUT2D eigenvalue weighted by Gasteiger charge is -2.34. The zero-order chi connectivity index (χ0) is 18.9. The third-order valence-electron chi connectivity index (χ3n) is 4.49. The number of aliphatic imine (C=N–C) groups is 1. The van der Waals surface area contributed by atoms with Gasteiger partial charge in [-0.1, -0.05) is 26.0 Å². The summed E-state index contributed by atoms with van der Waals surface area (Å²) in [5, 5.41) is 6.75. The van der Waals surface area contributed by atoms with Crippen molar-refractivity contribution < 1.29 is 9.47 Å². The molecule has 1 aromatic rings. The van der Waals surface area contributed by atoms with Gasteiger partial charge in [-0.05, 0) is 30.0 Å². The predicted octanol–water partition coefficient (Wildman–Crippen LogP) is 2.64. The van der Waals surface area contributed by atoms with E-state index >= 15 is 0 Å². The molecule has 27 heavy (non-hydrogen) atoms. The molecule has 1 saturated heterocycles. The maximum atomic E-state index is 5.89. The highest BCUT2D eigenvalue weighted by atomic mass is 127. The van der Waals surface area contributed by atoms with Gasteiger partial charge in [0.15, 0.2) is 5.96 Å². The summed E-state index contributed by atoms with van der Waals surface area (Å²) >= 11 is 0. The summed E-state index contributed by atoms with van der Waals surface area (Å²) in [6.07, 6.45) is 0.198. The highest BCUT2D eigenvalue weighted by molar-refractivity contribution is 14.0. The molecule has 0 spiro atoms. The summed E-state index contributed by atoms with van der Waals surface area (Å²) in [5.41, 5.74) is 2.33. The van der Waals surface area contributed by atoms with Crippen LogP contribution in [-0.2, 0) is 11.3 Å². The molecule has 1 aliphatic rings. The molecule has 1 aliphatic heterocycles. The number of aryl methyl sites for hydroxylation is 1. The summed E-state index contributed by atoms with van der Waals surface area (Å²) in [5.74, 6) is 2.39. The lowest BCUT2D eigenvalue weighted by atomic mass is 10.1. The topological polar surface area (TPSA) is 58.1 Å². The Labute approximate surface area is 181 Å². The molecule has 0 bridgehead atoms. The molecule has 1 fully saturated rings. The van der Waals surface area contributed by atoms with E-state index in [1.165, 1.54) is 5.56 Å². The second-order valence-electron chi connectivity index (χ2n) is 7.26. The summed E-state index contributed by atoms with van der Waals surface area (Å²) in [4.78, 5) is 6.79. The van der Waals surface area contributed by atoms with Crippen LogP contribution in [0, 0.1) is 12.8 Å². The van der Waals surface area contributed by atoms with Gasteiger partial charge >= 0.3 is 0 Å². The van der Waals surface area contributed by atoms with Crippen LogP contribution in [0.2, 0.25) is 0 Å². The zero-order valence-electron chi connectivity index (χ0n) is 17.2. The van der Waals surface area contributed by atoms with Gasteiger partial charge in [0.2, 0.25) is 0 Å². The average molecular weight is 490 g/mol. The first-order valence-corrected chi connectivity index (χ1v) is 9.43. The van der Waals surface area contributed by atoms with Crippen molar-refractivity contribution in [3.05, 3.63) is 29.3 Å². The van der Waals surface area contributed by atoms with Gasteiger partial charge in [0.05, 0.1) is 19.8 Å². The van der Waals surface area contributed by atoms with Crippen LogP contribution in [0.3, 0.4) is 0 Å². The van der Waals surface area contributed by atoms with E-state index in [2.05, 4.69) is 53.4 Å². The number of hydrogen-bond acceptors (Lipinski definition) is 4. The fourth-order valence-electron chi connectivity index (χ4n) is 3.25. The number of rotatable bonds is 7. The van der Waals surface area contributed by atoms with Crippen LogP contribution < -0.4 is 15.4 Å². The minimum atomic E-state index is 0. The number of guanidine groups is 1.